The van der Waals surface area contributed by atoms with Gasteiger partial charge in [0.25, 0.3) is 0 Å². The molecular weight excluding hydrogens is 214 g/mol. The maximum absolute atomic E-state index is 12.9. The number of halogens is 2. The summed E-state index contributed by atoms with van der Waals surface area (Å²) < 4.78 is 30.6. The van der Waals surface area contributed by atoms with Crippen molar-refractivity contribution in [2.75, 3.05) is 7.11 Å². The second-order valence-electron chi connectivity index (χ2n) is 3.51. The van der Waals surface area contributed by atoms with E-state index in [1.807, 2.05) is 6.92 Å². The first-order chi connectivity index (χ1) is 7.60. The smallest absolute Gasteiger partial charge is 0.191 e. The highest BCUT2D eigenvalue weighted by Crippen LogP contribution is 2.14. The van der Waals surface area contributed by atoms with Gasteiger partial charge in [-0.2, -0.15) is 0 Å². The number of hydrogen-bond donors (Lipinski definition) is 0. The quantitative estimate of drug-likeness (QED) is 0.724. The Bertz CT molecular complexity index is 377. The minimum atomic E-state index is -1.02. The fourth-order valence-corrected chi connectivity index (χ4v) is 1.45. The van der Waals surface area contributed by atoms with Gasteiger partial charge in [-0.15, -0.1) is 0 Å². The molecule has 0 radical (unpaired) electrons. The first-order valence-electron chi connectivity index (χ1n) is 5.12. The molecule has 0 heterocycles. The van der Waals surface area contributed by atoms with Crippen molar-refractivity contribution in [1.29, 1.82) is 0 Å². The molecule has 0 aliphatic heterocycles. The van der Waals surface area contributed by atoms with Gasteiger partial charge in [0.2, 0.25) is 0 Å². The largest absolute Gasteiger partial charge is 0.373 e. The summed E-state index contributed by atoms with van der Waals surface area (Å²) in [6.45, 7) is 1.92. The molecule has 0 fully saturated rings. The molecule has 1 aromatic rings. The van der Waals surface area contributed by atoms with E-state index in [1.165, 1.54) is 13.2 Å². The molecule has 0 saturated carbocycles. The van der Waals surface area contributed by atoms with Gasteiger partial charge in [-0.05, 0) is 24.6 Å². The van der Waals surface area contributed by atoms with E-state index >= 15 is 0 Å². The van der Waals surface area contributed by atoms with E-state index in [4.69, 9.17) is 4.74 Å². The highest BCUT2D eigenvalue weighted by Gasteiger charge is 2.19. The van der Waals surface area contributed by atoms with E-state index < -0.39 is 17.7 Å². The fourth-order valence-electron chi connectivity index (χ4n) is 1.45. The number of ketones is 1. The van der Waals surface area contributed by atoms with Crippen LogP contribution in [0.5, 0.6) is 0 Å². The molecule has 1 atom stereocenters. The van der Waals surface area contributed by atoms with Crippen LogP contribution in [0.1, 0.15) is 30.1 Å². The number of ether oxygens (including phenoxy) is 1. The zero-order valence-corrected chi connectivity index (χ0v) is 9.30. The summed E-state index contributed by atoms with van der Waals surface area (Å²) in [5, 5.41) is 0. The number of carbonyl (C=O) groups is 1. The van der Waals surface area contributed by atoms with Crippen LogP contribution >= 0.6 is 0 Å². The topological polar surface area (TPSA) is 26.3 Å². The molecule has 4 heteroatoms. The minimum Gasteiger partial charge on any atom is -0.373 e. The maximum atomic E-state index is 12.9. The van der Waals surface area contributed by atoms with Crippen LogP contribution in [-0.4, -0.2) is 19.0 Å². The molecule has 0 amide bonds. The Kier molecular flexibility index (Phi) is 4.55. The van der Waals surface area contributed by atoms with Gasteiger partial charge in [-0.1, -0.05) is 13.3 Å². The summed E-state index contributed by atoms with van der Waals surface area (Å²) in [5.74, 6) is -2.29. The van der Waals surface area contributed by atoms with E-state index in [2.05, 4.69) is 0 Å². The lowest BCUT2D eigenvalue weighted by Gasteiger charge is -2.12. The van der Waals surface area contributed by atoms with Gasteiger partial charge < -0.3 is 4.74 Å². The molecule has 2 nitrogen and oxygen atoms in total. The van der Waals surface area contributed by atoms with Crippen LogP contribution in [0, 0.1) is 11.6 Å². The van der Waals surface area contributed by atoms with E-state index in [1.54, 1.807) is 0 Å². The molecule has 16 heavy (non-hydrogen) atoms. The van der Waals surface area contributed by atoms with Crippen molar-refractivity contribution in [3.05, 3.63) is 35.4 Å². The van der Waals surface area contributed by atoms with Crippen molar-refractivity contribution in [1.82, 2.24) is 0 Å². The third kappa shape index (κ3) is 2.85. The number of Topliss-reactive ketones (excluding diaryl/α,β-unsaturated/α-hetero) is 1. The second kappa shape index (κ2) is 5.70. The summed E-state index contributed by atoms with van der Waals surface area (Å²) in [7, 11) is 1.43. The molecule has 0 spiro atoms. The normalized spacial score (nSPS) is 12.5. The maximum Gasteiger partial charge on any atom is 0.191 e. The van der Waals surface area contributed by atoms with E-state index in [9.17, 15) is 13.6 Å². The van der Waals surface area contributed by atoms with Crippen LogP contribution in [-0.2, 0) is 4.74 Å². The number of rotatable bonds is 5. The van der Waals surface area contributed by atoms with Crippen LogP contribution in [0.15, 0.2) is 18.2 Å². The number of benzene rings is 1. The Morgan fingerprint density at radius 2 is 2.06 bits per heavy atom. The number of methoxy groups -OCH3 is 1. The van der Waals surface area contributed by atoms with E-state index in [0.29, 0.717) is 6.42 Å². The van der Waals surface area contributed by atoms with Crippen LogP contribution in [0.3, 0.4) is 0 Å². The first kappa shape index (κ1) is 12.8. The molecule has 0 aliphatic carbocycles. The lowest BCUT2D eigenvalue weighted by molar-refractivity contribution is 0.0578. The van der Waals surface area contributed by atoms with Gasteiger partial charge in [0.05, 0.1) is 0 Å². The third-order valence-electron chi connectivity index (χ3n) is 2.33. The molecule has 0 saturated heterocycles. The number of hydrogen-bond acceptors (Lipinski definition) is 2. The first-order valence-corrected chi connectivity index (χ1v) is 5.12. The average Bonchev–Trinajstić information content (AvgIpc) is 2.28. The molecule has 0 aromatic heterocycles. The lowest BCUT2D eigenvalue weighted by atomic mass is 10.0. The summed E-state index contributed by atoms with van der Waals surface area (Å²) in [6.07, 6.45) is 0.761. The van der Waals surface area contributed by atoms with Crippen molar-refractivity contribution in [2.45, 2.75) is 25.9 Å². The van der Waals surface area contributed by atoms with Crippen LogP contribution < -0.4 is 0 Å². The average molecular weight is 228 g/mol. The van der Waals surface area contributed by atoms with Crippen molar-refractivity contribution in [3.63, 3.8) is 0 Å². The molecule has 1 aromatic carbocycles. The SMILES string of the molecule is CCCC(OC)C(=O)c1ccc(F)c(F)c1. The van der Waals surface area contributed by atoms with Gasteiger partial charge in [-0.25, -0.2) is 8.78 Å². The predicted molar refractivity (Wildman–Crippen MR) is 56.4 cm³/mol. The Labute approximate surface area is 93.2 Å². The molecule has 0 N–H and O–H groups in total. The highest BCUT2D eigenvalue weighted by atomic mass is 19.2. The Morgan fingerprint density at radius 1 is 1.38 bits per heavy atom. The molecule has 88 valence electrons. The van der Waals surface area contributed by atoms with E-state index in [-0.39, 0.29) is 11.3 Å². The monoisotopic (exact) mass is 228 g/mol. The Morgan fingerprint density at radius 3 is 2.56 bits per heavy atom. The fraction of sp³-hybridized carbons (Fsp3) is 0.417. The summed E-state index contributed by atoms with van der Waals surface area (Å²) in [5.41, 5.74) is 0.138. The van der Waals surface area contributed by atoms with Gasteiger partial charge in [0.1, 0.15) is 6.10 Å². The molecular formula is C12H14F2O2. The Hall–Kier alpha value is -1.29. The Balaban J connectivity index is 2.90. The van der Waals surface area contributed by atoms with E-state index in [0.717, 1.165) is 18.6 Å². The second-order valence-corrected chi connectivity index (χ2v) is 3.51. The summed E-state index contributed by atoms with van der Waals surface area (Å²) in [6, 6.07) is 3.11. The van der Waals surface area contributed by atoms with Gasteiger partial charge in [0, 0.05) is 12.7 Å². The van der Waals surface area contributed by atoms with Crippen LogP contribution in [0.2, 0.25) is 0 Å². The molecule has 0 bridgehead atoms. The van der Waals surface area contributed by atoms with Crippen molar-refractivity contribution in [2.24, 2.45) is 0 Å². The van der Waals surface area contributed by atoms with Crippen molar-refractivity contribution < 1.29 is 18.3 Å². The molecule has 1 unspecified atom stereocenters. The molecule has 1 rings (SSSR count). The third-order valence-corrected chi connectivity index (χ3v) is 2.33. The van der Waals surface area contributed by atoms with Gasteiger partial charge >= 0.3 is 0 Å². The van der Waals surface area contributed by atoms with Gasteiger partial charge in [0.15, 0.2) is 17.4 Å². The summed E-state index contributed by atoms with van der Waals surface area (Å²) >= 11 is 0. The summed E-state index contributed by atoms with van der Waals surface area (Å²) in [4.78, 5) is 11.8. The lowest BCUT2D eigenvalue weighted by Crippen LogP contribution is -2.23. The number of carbonyl (C=O) groups excluding carboxylic acids is 1. The van der Waals surface area contributed by atoms with Crippen LogP contribution in [0.4, 0.5) is 8.78 Å². The zero-order chi connectivity index (χ0) is 12.1. The van der Waals surface area contributed by atoms with Gasteiger partial charge in [-0.3, -0.25) is 4.79 Å². The van der Waals surface area contributed by atoms with Crippen molar-refractivity contribution >= 4 is 5.78 Å². The molecule has 0 aliphatic rings. The highest BCUT2D eigenvalue weighted by molar-refractivity contribution is 5.99. The minimum absolute atomic E-state index is 0.138. The predicted octanol–water partition coefficient (Wildman–Crippen LogP) is 2.96. The standard InChI is InChI=1S/C12H14F2O2/c1-3-4-11(16-2)12(15)8-5-6-9(13)10(14)7-8/h5-7,11H,3-4H2,1-2H3. The van der Waals surface area contributed by atoms with Crippen molar-refractivity contribution in [3.8, 4) is 0 Å². The zero-order valence-electron chi connectivity index (χ0n) is 9.30. The van der Waals surface area contributed by atoms with Crippen LogP contribution in [0.25, 0.3) is 0 Å².